The topological polar surface area (TPSA) is 113 Å². The minimum atomic E-state index is -3.97. The normalized spacial score (nSPS) is 11.8. The van der Waals surface area contributed by atoms with Crippen LogP contribution in [0.1, 0.15) is 5.56 Å². The first-order chi connectivity index (χ1) is 17.0. The number of sulfonamides is 2. The minimum Gasteiger partial charge on any atom is -0.492 e. The second kappa shape index (κ2) is 11.5. The number of hydrogen-bond donors (Lipinski definition) is 1. The van der Waals surface area contributed by atoms with E-state index in [2.05, 4.69) is 5.32 Å². The molecule has 0 radical (unpaired) electrons. The van der Waals surface area contributed by atoms with Crippen LogP contribution in [0.5, 0.6) is 5.75 Å². The summed E-state index contributed by atoms with van der Waals surface area (Å²) in [5.74, 6) is -0.0537. The number of nitrogens with one attached hydrogen (secondary N) is 1. The van der Waals surface area contributed by atoms with Gasteiger partial charge in [0.2, 0.25) is 15.9 Å². The van der Waals surface area contributed by atoms with Crippen LogP contribution in [0.3, 0.4) is 0 Å². The van der Waals surface area contributed by atoms with Crippen molar-refractivity contribution >= 4 is 31.6 Å². The van der Waals surface area contributed by atoms with Crippen molar-refractivity contribution in [3.05, 3.63) is 84.4 Å². The highest BCUT2D eigenvalue weighted by Gasteiger charge is 2.27. The van der Waals surface area contributed by atoms with Crippen LogP contribution >= 0.6 is 0 Å². The van der Waals surface area contributed by atoms with Crippen LogP contribution in [0, 0.1) is 6.92 Å². The number of carbonyl (C=O) groups is 1. The molecule has 0 aliphatic carbocycles. The maximum Gasteiger partial charge on any atom is 0.264 e. The molecule has 36 heavy (non-hydrogen) atoms. The van der Waals surface area contributed by atoms with E-state index in [-0.39, 0.29) is 22.9 Å². The number of anilines is 1. The molecule has 1 N–H and O–H groups in total. The van der Waals surface area contributed by atoms with Gasteiger partial charge >= 0.3 is 0 Å². The Hall–Kier alpha value is -3.41. The van der Waals surface area contributed by atoms with E-state index in [9.17, 15) is 21.6 Å². The summed E-state index contributed by atoms with van der Waals surface area (Å²) in [5.41, 5.74) is 1.25. The quantitative estimate of drug-likeness (QED) is 0.381. The summed E-state index contributed by atoms with van der Waals surface area (Å²) in [6.45, 7) is 1.68. The largest absolute Gasteiger partial charge is 0.492 e. The molecule has 0 fully saturated rings. The van der Waals surface area contributed by atoms with Gasteiger partial charge in [0.05, 0.1) is 22.0 Å². The second-order valence-electron chi connectivity index (χ2n) is 8.12. The van der Waals surface area contributed by atoms with E-state index < -0.39 is 32.5 Å². The number of ether oxygens (including phenoxy) is 1. The number of hydrogen-bond acceptors (Lipinski definition) is 6. The van der Waals surface area contributed by atoms with E-state index in [0.717, 1.165) is 14.2 Å². The molecule has 0 aliphatic heterocycles. The minimum absolute atomic E-state index is 0.0855. The summed E-state index contributed by atoms with van der Waals surface area (Å²) in [6.07, 6.45) is 0. The lowest BCUT2D eigenvalue weighted by molar-refractivity contribution is -0.119. The van der Waals surface area contributed by atoms with Gasteiger partial charge in [-0.25, -0.2) is 21.1 Å². The molecular weight excluding hydrogens is 502 g/mol. The average Bonchev–Trinajstić information content (AvgIpc) is 2.86. The highest BCUT2D eigenvalue weighted by atomic mass is 32.2. The summed E-state index contributed by atoms with van der Waals surface area (Å²) in [4.78, 5) is 12.9. The molecule has 3 aromatic carbocycles. The van der Waals surface area contributed by atoms with Gasteiger partial charge < -0.3 is 10.1 Å². The van der Waals surface area contributed by atoms with Crippen LogP contribution < -0.4 is 14.4 Å². The molecule has 192 valence electrons. The smallest absolute Gasteiger partial charge is 0.264 e. The van der Waals surface area contributed by atoms with Gasteiger partial charge in [-0.15, -0.1) is 0 Å². The van der Waals surface area contributed by atoms with Crippen LogP contribution in [-0.4, -0.2) is 60.8 Å². The lowest BCUT2D eigenvalue weighted by atomic mass is 10.2. The molecule has 0 aromatic heterocycles. The maximum absolute atomic E-state index is 13.3. The van der Waals surface area contributed by atoms with Gasteiger partial charge in [0, 0.05) is 14.1 Å². The highest BCUT2D eigenvalue weighted by molar-refractivity contribution is 7.92. The molecule has 0 heterocycles. The summed E-state index contributed by atoms with van der Waals surface area (Å²) in [6, 6.07) is 20.8. The Morgan fingerprint density at radius 2 is 1.47 bits per heavy atom. The SMILES string of the molecule is Cc1cccc(N(CC(=O)NCCOc2ccc(S(=O)(=O)N(C)C)cc2)S(=O)(=O)c2ccccc2)c1. The molecule has 1 amide bonds. The van der Waals surface area contributed by atoms with Crippen LogP contribution in [0.15, 0.2) is 88.7 Å². The molecule has 11 heteroatoms. The lowest BCUT2D eigenvalue weighted by Gasteiger charge is -2.24. The molecule has 0 bridgehead atoms. The third kappa shape index (κ3) is 6.62. The Morgan fingerprint density at radius 3 is 2.08 bits per heavy atom. The van der Waals surface area contributed by atoms with Crippen molar-refractivity contribution in [2.75, 3.05) is 38.1 Å². The van der Waals surface area contributed by atoms with E-state index in [1.54, 1.807) is 36.4 Å². The third-order valence-electron chi connectivity index (χ3n) is 5.20. The number of rotatable bonds is 11. The predicted molar refractivity (Wildman–Crippen MR) is 138 cm³/mol. The monoisotopic (exact) mass is 531 g/mol. The molecule has 3 aromatic rings. The van der Waals surface area contributed by atoms with Crippen molar-refractivity contribution < 1.29 is 26.4 Å². The summed E-state index contributed by atoms with van der Waals surface area (Å²) < 4.78 is 58.7. The Bertz CT molecular complexity index is 1390. The fourth-order valence-corrected chi connectivity index (χ4v) is 5.62. The standard InChI is InChI=1S/C25H29N3O6S2/c1-20-8-7-9-21(18-20)28(36(32,33)23-10-5-4-6-11-23)19-25(29)26-16-17-34-22-12-14-24(15-13-22)35(30,31)27(2)3/h4-15,18H,16-17,19H2,1-3H3,(H,26,29). The fraction of sp³-hybridized carbons (Fsp3) is 0.240. The zero-order valence-corrected chi connectivity index (χ0v) is 21.9. The number of carbonyl (C=O) groups excluding carboxylic acids is 1. The number of nitrogens with zero attached hydrogens (tertiary/aromatic N) is 2. The Labute approximate surface area is 212 Å². The third-order valence-corrected chi connectivity index (χ3v) is 8.82. The molecule has 0 unspecified atom stereocenters. The van der Waals surface area contributed by atoms with Crippen molar-refractivity contribution in [2.24, 2.45) is 0 Å². The molecule has 0 spiro atoms. The van der Waals surface area contributed by atoms with Crippen molar-refractivity contribution in [1.29, 1.82) is 0 Å². The van der Waals surface area contributed by atoms with Crippen molar-refractivity contribution in [3.8, 4) is 5.75 Å². The number of aryl methyl sites for hydroxylation is 1. The zero-order valence-electron chi connectivity index (χ0n) is 20.3. The highest BCUT2D eigenvalue weighted by Crippen LogP contribution is 2.24. The van der Waals surface area contributed by atoms with E-state index in [4.69, 9.17) is 4.74 Å². The summed E-state index contributed by atoms with van der Waals surface area (Å²) >= 11 is 0. The Balaban J connectivity index is 1.63. The van der Waals surface area contributed by atoms with Gasteiger partial charge in [0.25, 0.3) is 10.0 Å². The van der Waals surface area contributed by atoms with Gasteiger partial charge in [-0.2, -0.15) is 0 Å². The van der Waals surface area contributed by atoms with E-state index in [1.807, 2.05) is 13.0 Å². The predicted octanol–water partition coefficient (Wildman–Crippen LogP) is 2.64. The van der Waals surface area contributed by atoms with Crippen LogP contribution in [0.25, 0.3) is 0 Å². The van der Waals surface area contributed by atoms with Gasteiger partial charge in [-0.3, -0.25) is 9.10 Å². The molecule has 0 saturated carbocycles. The fourth-order valence-electron chi connectivity index (χ4n) is 3.28. The molecular formula is C25H29N3O6S2. The van der Waals surface area contributed by atoms with Crippen LogP contribution in [0.2, 0.25) is 0 Å². The van der Waals surface area contributed by atoms with Crippen molar-refractivity contribution in [2.45, 2.75) is 16.7 Å². The average molecular weight is 532 g/mol. The van der Waals surface area contributed by atoms with E-state index in [1.165, 1.54) is 50.5 Å². The van der Waals surface area contributed by atoms with Crippen molar-refractivity contribution in [1.82, 2.24) is 9.62 Å². The first-order valence-electron chi connectivity index (χ1n) is 11.1. The van der Waals surface area contributed by atoms with Crippen molar-refractivity contribution in [3.63, 3.8) is 0 Å². The van der Waals surface area contributed by atoms with E-state index >= 15 is 0 Å². The van der Waals surface area contributed by atoms with Gasteiger partial charge in [-0.05, 0) is 61.0 Å². The first kappa shape index (κ1) is 27.2. The Morgan fingerprint density at radius 1 is 0.833 bits per heavy atom. The zero-order chi connectivity index (χ0) is 26.3. The maximum atomic E-state index is 13.3. The molecule has 0 atom stereocenters. The van der Waals surface area contributed by atoms with E-state index in [0.29, 0.717) is 11.4 Å². The molecule has 0 saturated heterocycles. The molecule has 0 aliphatic rings. The van der Waals surface area contributed by atoms with Gasteiger partial charge in [-0.1, -0.05) is 30.3 Å². The molecule has 9 nitrogen and oxygen atoms in total. The summed E-state index contributed by atoms with van der Waals surface area (Å²) in [5, 5.41) is 2.67. The lowest BCUT2D eigenvalue weighted by Crippen LogP contribution is -2.42. The number of benzene rings is 3. The second-order valence-corrected chi connectivity index (χ2v) is 12.1. The van der Waals surface area contributed by atoms with Gasteiger partial charge in [0.1, 0.15) is 18.9 Å². The molecule has 3 rings (SSSR count). The van der Waals surface area contributed by atoms with Crippen LogP contribution in [-0.2, 0) is 24.8 Å². The Kier molecular flexibility index (Phi) is 8.72. The first-order valence-corrected chi connectivity index (χ1v) is 14.0. The van der Waals surface area contributed by atoms with Gasteiger partial charge in [0.15, 0.2) is 0 Å². The van der Waals surface area contributed by atoms with Crippen LogP contribution in [0.4, 0.5) is 5.69 Å². The number of amides is 1. The summed E-state index contributed by atoms with van der Waals surface area (Å²) in [7, 11) is -4.60.